The Morgan fingerprint density at radius 3 is 3.00 bits per heavy atom. The molecule has 2 atom stereocenters. The highest BCUT2D eigenvalue weighted by molar-refractivity contribution is 8.15. The first kappa shape index (κ1) is 13.2. The number of thioether (sulfide) groups is 1. The van der Waals surface area contributed by atoms with E-state index >= 15 is 0 Å². The predicted molar refractivity (Wildman–Crippen MR) is 80.8 cm³/mol. The molecule has 4 heteroatoms. The Hall–Kier alpha value is -0.770. The van der Waals surface area contributed by atoms with E-state index in [1.807, 2.05) is 24.3 Å². The molecule has 2 heterocycles. The second-order valence-electron chi connectivity index (χ2n) is 5.04. The fourth-order valence-electron chi connectivity index (χ4n) is 2.90. The summed E-state index contributed by atoms with van der Waals surface area (Å²) in [6.07, 6.45) is 1.05. The molecule has 2 aliphatic rings. The monoisotopic (exact) mass is 293 g/mol. The van der Waals surface area contributed by atoms with Gasteiger partial charge in [-0.1, -0.05) is 48.5 Å². The van der Waals surface area contributed by atoms with Gasteiger partial charge in [-0.15, -0.1) is 0 Å². The Morgan fingerprint density at radius 2 is 2.21 bits per heavy atom. The summed E-state index contributed by atoms with van der Waals surface area (Å²) in [7, 11) is 0. The van der Waals surface area contributed by atoms with Crippen molar-refractivity contribution in [1.82, 2.24) is 5.32 Å². The van der Waals surface area contributed by atoms with E-state index in [4.69, 9.17) is 11.6 Å². The van der Waals surface area contributed by atoms with E-state index in [9.17, 15) is 4.79 Å². The van der Waals surface area contributed by atoms with Crippen LogP contribution in [0.25, 0.3) is 0 Å². The van der Waals surface area contributed by atoms with Crippen LogP contribution in [0.15, 0.2) is 35.4 Å². The van der Waals surface area contributed by atoms with E-state index in [2.05, 4.69) is 12.2 Å². The predicted octanol–water partition coefficient (Wildman–Crippen LogP) is 3.38. The van der Waals surface area contributed by atoms with E-state index in [1.165, 1.54) is 17.3 Å². The Bertz CT molecular complexity index is 555. The maximum Gasteiger partial charge on any atom is 0.216 e. The summed E-state index contributed by atoms with van der Waals surface area (Å²) in [6.45, 7) is 3.93. The molecule has 1 aromatic rings. The van der Waals surface area contributed by atoms with E-state index in [1.54, 1.807) is 0 Å². The van der Waals surface area contributed by atoms with Crippen LogP contribution in [0, 0.1) is 0 Å². The standard InChI is InChI=1S/C15H16ClNOS/c1-9(10-4-2-3-5-12(10)16)14-11-8-17-7-6-13(11)19-15(14)18/h2-5,9,13,17H,6-8H2,1H3. The van der Waals surface area contributed by atoms with Crippen molar-refractivity contribution in [2.45, 2.75) is 24.5 Å². The molecular weight excluding hydrogens is 278 g/mol. The van der Waals surface area contributed by atoms with Crippen LogP contribution < -0.4 is 5.32 Å². The van der Waals surface area contributed by atoms with Crippen LogP contribution in [-0.2, 0) is 4.79 Å². The number of hydrogen-bond donors (Lipinski definition) is 1. The lowest BCUT2D eigenvalue weighted by atomic mass is 9.88. The molecule has 1 aromatic carbocycles. The molecule has 2 unspecified atom stereocenters. The summed E-state index contributed by atoms with van der Waals surface area (Å²) < 4.78 is 0. The minimum atomic E-state index is 0.0774. The number of halogens is 1. The fourth-order valence-corrected chi connectivity index (χ4v) is 4.48. The molecule has 0 radical (unpaired) electrons. The number of nitrogens with one attached hydrogen (secondary N) is 1. The average Bonchev–Trinajstić information content (AvgIpc) is 2.74. The number of hydrogen-bond acceptors (Lipinski definition) is 3. The van der Waals surface area contributed by atoms with Crippen molar-refractivity contribution in [3.05, 3.63) is 46.0 Å². The molecule has 2 aliphatic heterocycles. The molecule has 1 fully saturated rings. The number of benzene rings is 1. The lowest BCUT2D eigenvalue weighted by molar-refractivity contribution is -0.108. The minimum absolute atomic E-state index is 0.0774. The maximum absolute atomic E-state index is 12.3. The molecule has 0 spiro atoms. The second kappa shape index (κ2) is 5.31. The van der Waals surface area contributed by atoms with Gasteiger partial charge in [-0.25, -0.2) is 0 Å². The molecule has 19 heavy (non-hydrogen) atoms. The highest BCUT2D eigenvalue weighted by Gasteiger charge is 2.37. The normalized spacial score (nSPS) is 24.5. The number of rotatable bonds is 2. The van der Waals surface area contributed by atoms with Crippen molar-refractivity contribution in [2.24, 2.45) is 0 Å². The van der Waals surface area contributed by atoms with Gasteiger partial charge in [0, 0.05) is 28.3 Å². The van der Waals surface area contributed by atoms with Gasteiger partial charge in [0.25, 0.3) is 0 Å². The molecule has 2 nitrogen and oxygen atoms in total. The maximum atomic E-state index is 12.3. The number of carbonyl (C=O) groups is 1. The van der Waals surface area contributed by atoms with Crippen molar-refractivity contribution in [3.63, 3.8) is 0 Å². The van der Waals surface area contributed by atoms with Gasteiger partial charge in [0.15, 0.2) is 0 Å². The number of piperidine rings is 1. The van der Waals surface area contributed by atoms with Crippen LogP contribution >= 0.6 is 23.4 Å². The largest absolute Gasteiger partial charge is 0.313 e. The van der Waals surface area contributed by atoms with Gasteiger partial charge in [-0.05, 0) is 30.2 Å². The number of fused-ring (bicyclic) bond motifs is 1. The van der Waals surface area contributed by atoms with Crippen LogP contribution in [0.2, 0.25) is 5.02 Å². The first-order valence-corrected chi connectivity index (χ1v) is 7.83. The van der Waals surface area contributed by atoms with Gasteiger partial charge >= 0.3 is 0 Å². The van der Waals surface area contributed by atoms with Crippen LogP contribution in [0.5, 0.6) is 0 Å². The summed E-state index contributed by atoms with van der Waals surface area (Å²) in [5.74, 6) is 0.0774. The summed E-state index contributed by atoms with van der Waals surface area (Å²) in [4.78, 5) is 12.3. The Kier molecular flexibility index (Phi) is 3.70. The van der Waals surface area contributed by atoms with Gasteiger partial charge in [0.1, 0.15) is 0 Å². The molecular formula is C15H16ClNOS. The van der Waals surface area contributed by atoms with Crippen molar-refractivity contribution in [3.8, 4) is 0 Å². The lowest BCUT2D eigenvalue weighted by Crippen LogP contribution is -2.31. The van der Waals surface area contributed by atoms with E-state index in [0.717, 1.165) is 35.7 Å². The smallest absolute Gasteiger partial charge is 0.216 e. The van der Waals surface area contributed by atoms with Crippen LogP contribution in [-0.4, -0.2) is 23.5 Å². The van der Waals surface area contributed by atoms with Crippen molar-refractivity contribution >= 4 is 28.5 Å². The highest BCUT2D eigenvalue weighted by Crippen LogP contribution is 2.44. The highest BCUT2D eigenvalue weighted by atomic mass is 35.5. The third-order valence-corrected chi connectivity index (χ3v) is 5.49. The van der Waals surface area contributed by atoms with Crippen LogP contribution in [0.3, 0.4) is 0 Å². The number of carbonyl (C=O) groups excluding carboxylic acids is 1. The van der Waals surface area contributed by atoms with Crippen molar-refractivity contribution < 1.29 is 4.79 Å². The lowest BCUT2D eigenvalue weighted by Gasteiger charge is -2.22. The summed E-state index contributed by atoms with van der Waals surface area (Å²) in [6, 6.07) is 7.81. The molecule has 0 saturated carbocycles. The molecule has 100 valence electrons. The Labute approximate surface area is 122 Å². The van der Waals surface area contributed by atoms with E-state index in [-0.39, 0.29) is 11.0 Å². The molecule has 0 aromatic heterocycles. The third kappa shape index (κ3) is 2.35. The summed E-state index contributed by atoms with van der Waals surface area (Å²) in [5, 5.41) is 4.73. The molecule has 0 amide bonds. The van der Waals surface area contributed by atoms with Crippen molar-refractivity contribution in [1.29, 1.82) is 0 Å². The summed E-state index contributed by atoms with van der Waals surface area (Å²) >= 11 is 7.75. The zero-order valence-corrected chi connectivity index (χ0v) is 12.4. The fraction of sp³-hybridized carbons (Fsp3) is 0.400. The second-order valence-corrected chi connectivity index (χ2v) is 6.62. The van der Waals surface area contributed by atoms with Gasteiger partial charge in [-0.3, -0.25) is 4.79 Å². The van der Waals surface area contributed by atoms with Crippen LogP contribution in [0.1, 0.15) is 24.8 Å². The van der Waals surface area contributed by atoms with Gasteiger partial charge in [0.2, 0.25) is 5.12 Å². The van der Waals surface area contributed by atoms with Crippen LogP contribution in [0.4, 0.5) is 0 Å². The SMILES string of the molecule is CC(C1=C2CNCCC2SC1=O)c1ccccc1Cl. The molecule has 0 aliphatic carbocycles. The third-order valence-electron chi connectivity index (χ3n) is 3.91. The molecule has 1 saturated heterocycles. The zero-order valence-electron chi connectivity index (χ0n) is 10.8. The van der Waals surface area contributed by atoms with Gasteiger partial charge < -0.3 is 5.32 Å². The Balaban J connectivity index is 2.00. The Morgan fingerprint density at radius 1 is 1.42 bits per heavy atom. The first-order valence-electron chi connectivity index (χ1n) is 6.57. The van der Waals surface area contributed by atoms with Gasteiger partial charge in [0.05, 0.1) is 0 Å². The van der Waals surface area contributed by atoms with Gasteiger partial charge in [-0.2, -0.15) is 0 Å². The first-order chi connectivity index (χ1) is 9.18. The minimum Gasteiger partial charge on any atom is -0.313 e. The van der Waals surface area contributed by atoms with Crippen molar-refractivity contribution in [2.75, 3.05) is 13.1 Å². The summed E-state index contributed by atoms with van der Waals surface area (Å²) in [5.41, 5.74) is 3.30. The molecule has 1 N–H and O–H groups in total. The molecule has 3 rings (SSSR count). The topological polar surface area (TPSA) is 29.1 Å². The van der Waals surface area contributed by atoms with E-state index < -0.39 is 0 Å². The van der Waals surface area contributed by atoms with E-state index in [0.29, 0.717) is 5.25 Å². The quantitative estimate of drug-likeness (QED) is 0.906. The zero-order chi connectivity index (χ0) is 13.4. The molecule has 0 bridgehead atoms. The average molecular weight is 294 g/mol.